The Morgan fingerprint density at radius 1 is 1.22 bits per heavy atom. The lowest BCUT2D eigenvalue weighted by Gasteiger charge is -2.38. The number of morpholine rings is 1. The average Bonchev–Trinajstić information content (AvgIpc) is 2.93. The lowest BCUT2D eigenvalue weighted by atomic mass is 9.95. The van der Waals surface area contributed by atoms with Gasteiger partial charge in [-0.05, 0) is 49.1 Å². The number of carbonyl (C=O) groups excluding carboxylic acids is 2. The predicted molar refractivity (Wildman–Crippen MR) is 141 cm³/mol. The molecule has 3 N–H and O–H groups in total. The van der Waals surface area contributed by atoms with Crippen LogP contribution < -0.4 is 15.8 Å². The number of likely N-dealkylation sites (tertiary alicyclic amines) is 1. The van der Waals surface area contributed by atoms with Gasteiger partial charge in [0.15, 0.2) is 0 Å². The second-order valence-electron chi connectivity index (χ2n) is 9.46. The highest BCUT2D eigenvalue weighted by molar-refractivity contribution is 6.33. The fraction of sp³-hybridized carbons (Fsp3) is 0.444. The van der Waals surface area contributed by atoms with Crippen LogP contribution in [-0.2, 0) is 4.74 Å². The summed E-state index contributed by atoms with van der Waals surface area (Å²) in [6.07, 6.45) is 1.77. The molecule has 2 aliphatic heterocycles. The van der Waals surface area contributed by atoms with Gasteiger partial charge in [0, 0.05) is 50.9 Å². The Morgan fingerprint density at radius 2 is 1.95 bits per heavy atom. The van der Waals surface area contributed by atoms with Gasteiger partial charge < -0.3 is 25.4 Å². The van der Waals surface area contributed by atoms with E-state index in [1.54, 1.807) is 30.3 Å². The van der Waals surface area contributed by atoms with Gasteiger partial charge in [0.05, 0.1) is 47.7 Å². The molecule has 2 saturated heterocycles. The lowest BCUT2D eigenvalue weighted by molar-refractivity contribution is -0.0332. The van der Waals surface area contributed by atoms with E-state index in [9.17, 15) is 9.59 Å². The third-order valence-electron chi connectivity index (χ3n) is 6.96. The summed E-state index contributed by atoms with van der Waals surface area (Å²) in [6, 6.07) is 11.9. The number of piperidine rings is 1. The summed E-state index contributed by atoms with van der Waals surface area (Å²) in [7, 11) is 1.48. The van der Waals surface area contributed by atoms with E-state index in [4.69, 9.17) is 32.1 Å². The first-order chi connectivity index (χ1) is 17.9. The molecule has 0 bridgehead atoms. The monoisotopic (exact) mass is 525 g/mol. The number of ether oxygens (including phenoxy) is 2. The van der Waals surface area contributed by atoms with Crippen molar-refractivity contribution in [3.05, 3.63) is 58.1 Å². The van der Waals surface area contributed by atoms with Crippen LogP contribution in [0.25, 0.3) is 0 Å². The van der Waals surface area contributed by atoms with E-state index >= 15 is 0 Å². The van der Waals surface area contributed by atoms with Gasteiger partial charge >= 0.3 is 0 Å². The first-order valence-electron chi connectivity index (χ1n) is 12.4. The number of halogens is 1. The first-order valence-corrected chi connectivity index (χ1v) is 12.8. The second kappa shape index (κ2) is 12.3. The topological polar surface area (TPSA) is 121 Å². The van der Waals surface area contributed by atoms with Crippen molar-refractivity contribution < 1.29 is 19.1 Å². The summed E-state index contributed by atoms with van der Waals surface area (Å²) < 4.78 is 11.2. The number of nitriles is 1. The molecule has 37 heavy (non-hydrogen) atoms. The second-order valence-corrected chi connectivity index (χ2v) is 9.87. The summed E-state index contributed by atoms with van der Waals surface area (Å²) >= 11 is 6.09. The molecule has 0 spiro atoms. The van der Waals surface area contributed by atoms with Gasteiger partial charge in [-0.1, -0.05) is 11.6 Å². The zero-order valence-electron chi connectivity index (χ0n) is 20.9. The van der Waals surface area contributed by atoms with Crippen molar-refractivity contribution in [2.75, 3.05) is 58.7 Å². The summed E-state index contributed by atoms with van der Waals surface area (Å²) in [5.41, 5.74) is 7.66. The van der Waals surface area contributed by atoms with E-state index < -0.39 is 0 Å². The Labute approximate surface area is 222 Å². The van der Waals surface area contributed by atoms with Gasteiger partial charge in [0.2, 0.25) is 0 Å². The third-order valence-corrected chi connectivity index (χ3v) is 7.28. The molecule has 9 nitrogen and oxygen atoms in total. The number of nitrogens with one attached hydrogen (secondary N) is 1. The molecule has 4 rings (SSSR count). The van der Waals surface area contributed by atoms with Crippen LogP contribution in [0, 0.1) is 17.2 Å². The number of benzene rings is 2. The number of nitrogens with two attached hydrogens (primary N) is 1. The zero-order chi connectivity index (χ0) is 26.4. The van der Waals surface area contributed by atoms with Crippen LogP contribution in [0.3, 0.4) is 0 Å². The maximum atomic E-state index is 12.8. The highest BCUT2D eigenvalue weighted by Crippen LogP contribution is 2.29. The fourth-order valence-corrected chi connectivity index (χ4v) is 5.00. The maximum absolute atomic E-state index is 12.8. The number of hydrogen-bond acceptors (Lipinski definition) is 7. The first kappa shape index (κ1) is 26.7. The largest absolute Gasteiger partial charge is 0.496 e. The minimum atomic E-state index is -0.293. The van der Waals surface area contributed by atoms with E-state index in [0.717, 1.165) is 45.6 Å². The van der Waals surface area contributed by atoms with Crippen LogP contribution in [0.4, 0.5) is 5.69 Å². The van der Waals surface area contributed by atoms with Crippen molar-refractivity contribution in [1.82, 2.24) is 15.1 Å². The van der Waals surface area contributed by atoms with Crippen LogP contribution in [0.2, 0.25) is 5.02 Å². The van der Waals surface area contributed by atoms with Gasteiger partial charge in [0.1, 0.15) is 5.75 Å². The van der Waals surface area contributed by atoms with Gasteiger partial charge in [-0.2, -0.15) is 5.26 Å². The molecule has 0 aromatic heterocycles. The van der Waals surface area contributed by atoms with Crippen molar-refractivity contribution in [2.24, 2.45) is 5.92 Å². The summed E-state index contributed by atoms with van der Waals surface area (Å²) in [5, 5.41) is 12.2. The van der Waals surface area contributed by atoms with E-state index in [2.05, 4.69) is 16.3 Å². The van der Waals surface area contributed by atoms with Crippen LogP contribution in [-0.4, -0.2) is 80.7 Å². The number of nitrogens with zero attached hydrogens (tertiary/aromatic N) is 3. The van der Waals surface area contributed by atoms with Crippen molar-refractivity contribution >= 4 is 29.1 Å². The van der Waals surface area contributed by atoms with Crippen LogP contribution in [0.5, 0.6) is 5.75 Å². The molecule has 0 radical (unpaired) electrons. The summed E-state index contributed by atoms with van der Waals surface area (Å²) in [6.45, 7) is 4.93. The normalized spacial score (nSPS) is 18.7. The molecule has 0 saturated carbocycles. The lowest BCUT2D eigenvalue weighted by Crippen LogP contribution is -2.50. The number of rotatable bonds is 7. The Bertz CT molecular complexity index is 1160. The van der Waals surface area contributed by atoms with E-state index in [0.29, 0.717) is 52.2 Å². The number of methoxy groups -OCH3 is 1. The molecule has 2 aliphatic rings. The molecule has 2 amide bonds. The Kier molecular flexibility index (Phi) is 8.87. The van der Waals surface area contributed by atoms with Gasteiger partial charge in [-0.15, -0.1) is 0 Å². The Morgan fingerprint density at radius 3 is 2.62 bits per heavy atom. The number of anilines is 1. The number of carbonyl (C=O) groups is 2. The molecule has 2 aromatic carbocycles. The van der Waals surface area contributed by atoms with Crippen molar-refractivity contribution in [3.8, 4) is 11.8 Å². The molecule has 2 aromatic rings. The molecular formula is C27H32ClN5O4. The SMILES string of the molecule is COc1cc(N)c(Cl)cc1C(=O)NCC1CN(CC2CCN(C(=O)c3ccc(C#N)cc3)CC2)CCO1. The number of nitrogen functional groups attached to an aromatic ring is 1. The highest BCUT2D eigenvalue weighted by atomic mass is 35.5. The number of amides is 2. The summed E-state index contributed by atoms with van der Waals surface area (Å²) in [4.78, 5) is 29.8. The van der Waals surface area contributed by atoms with Crippen molar-refractivity contribution in [3.63, 3.8) is 0 Å². The molecule has 196 valence electrons. The number of hydrogen-bond donors (Lipinski definition) is 2. The molecular weight excluding hydrogens is 494 g/mol. The van der Waals surface area contributed by atoms with Crippen LogP contribution in [0.1, 0.15) is 39.1 Å². The van der Waals surface area contributed by atoms with E-state index in [1.165, 1.54) is 13.2 Å². The maximum Gasteiger partial charge on any atom is 0.255 e. The zero-order valence-corrected chi connectivity index (χ0v) is 21.7. The molecule has 1 atom stereocenters. The quantitative estimate of drug-likeness (QED) is 0.533. The standard InChI is InChI=1S/C27H32ClN5O4/c1-36-25-13-24(30)23(28)12-22(25)26(34)31-15-21-17-32(10-11-37-21)16-19-6-8-33(9-7-19)27(35)20-4-2-18(14-29)3-5-20/h2-5,12-13,19,21H,6-11,15-17,30H2,1H3,(H,31,34). The van der Waals surface area contributed by atoms with Crippen molar-refractivity contribution in [1.29, 1.82) is 5.26 Å². The minimum Gasteiger partial charge on any atom is -0.496 e. The highest BCUT2D eigenvalue weighted by Gasteiger charge is 2.28. The van der Waals surface area contributed by atoms with Crippen molar-refractivity contribution in [2.45, 2.75) is 18.9 Å². The van der Waals surface area contributed by atoms with E-state index in [1.807, 2.05) is 4.90 Å². The summed E-state index contributed by atoms with van der Waals surface area (Å²) in [5.74, 6) is 0.594. The van der Waals surface area contributed by atoms with Gasteiger partial charge in [-0.3, -0.25) is 14.5 Å². The molecule has 2 fully saturated rings. The van der Waals surface area contributed by atoms with Crippen LogP contribution >= 0.6 is 11.6 Å². The third kappa shape index (κ3) is 6.72. The molecule has 1 unspecified atom stereocenters. The van der Waals surface area contributed by atoms with Gasteiger partial charge in [0.25, 0.3) is 11.8 Å². The van der Waals surface area contributed by atoms with Gasteiger partial charge in [-0.25, -0.2) is 0 Å². The van der Waals surface area contributed by atoms with Crippen LogP contribution in [0.15, 0.2) is 36.4 Å². The Hall–Kier alpha value is -3.32. The molecule has 2 heterocycles. The molecule has 0 aliphatic carbocycles. The average molecular weight is 526 g/mol. The smallest absolute Gasteiger partial charge is 0.255 e. The van der Waals surface area contributed by atoms with E-state index in [-0.39, 0.29) is 17.9 Å². The molecule has 10 heteroatoms. The Balaban J connectivity index is 1.23. The fourth-order valence-electron chi connectivity index (χ4n) is 4.84. The minimum absolute atomic E-state index is 0.0177. The predicted octanol–water partition coefficient (Wildman–Crippen LogP) is 2.79.